The minimum atomic E-state index is 0.0226. The molecule has 1 fully saturated rings. The van der Waals surface area contributed by atoms with Crippen LogP contribution in [0.15, 0.2) is 15.5 Å². The molecule has 15 heavy (non-hydrogen) atoms. The van der Waals surface area contributed by atoms with Gasteiger partial charge in [0.15, 0.2) is 0 Å². The van der Waals surface area contributed by atoms with Crippen LogP contribution in [0.25, 0.3) is 0 Å². The van der Waals surface area contributed by atoms with E-state index in [2.05, 4.69) is 26.2 Å². The second kappa shape index (κ2) is 4.45. The van der Waals surface area contributed by atoms with Crippen molar-refractivity contribution in [2.24, 2.45) is 5.92 Å². The van der Waals surface area contributed by atoms with Gasteiger partial charge in [-0.25, -0.2) is 4.98 Å². The molecule has 4 nitrogen and oxygen atoms in total. The van der Waals surface area contributed by atoms with E-state index in [4.69, 9.17) is 0 Å². The Hall–Kier alpha value is -0.680. The lowest BCUT2D eigenvalue weighted by atomic mass is 10.1. The zero-order valence-electron chi connectivity index (χ0n) is 8.66. The van der Waals surface area contributed by atoms with Crippen molar-refractivity contribution in [2.45, 2.75) is 19.9 Å². The van der Waals surface area contributed by atoms with E-state index in [0.29, 0.717) is 10.4 Å². The Bertz CT molecular complexity index is 410. The smallest absolute Gasteiger partial charge is 0.267 e. The van der Waals surface area contributed by atoms with Gasteiger partial charge in [-0.15, -0.1) is 0 Å². The zero-order chi connectivity index (χ0) is 10.8. The number of nitrogens with zero attached hydrogens (tertiary/aromatic N) is 2. The molecule has 1 atom stereocenters. The van der Waals surface area contributed by atoms with Gasteiger partial charge in [-0.05, 0) is 48.3 Å². The fourth-order valence-corrected chi connectivity index (χ4v) is 2.21. The third-order valence-corrected chi connectivity index (χ3v) is 3.35. The van der Waals surface area contributed by atoms with Crippen LogP contribution in [0.1, 0.15) is 12.2 Å². The molecular formula is C10H14BrN3O. The molecule has 0 bridgehead atoms. The molecule has 1 aliphatic heterocycles. The highest BCUT2D eigenvalue weighted by Gasteiger charge is 2.17. The Morgan fingerprint density at radius 1 is 1.73 bits per heavy atom. The normalized spacial score (nSPS) is 20.8. The Labute approximate surface area is 96.8 Å². The fraction of sp³-hybridized carbons (Fsp3) is 0.600. The number of hydrogen-bond donors (Lipinski definition) is 1. The van der Waals surface area contributed by atoms with Crippen molar-refractivity contribution in [3.8, 4) is 0 Å². The maximum absolute atomic E-state index is 11.8. The molecule has 1 aromatic heterocycles. The molecule has 0 radical (unpaired) electrons. The van der Waals surface area contributed by atoms with Crippen LogP contribution < -0.4 is 10.9 Å². The number of aromatic nitrogens is 2. The van der Waals surface area contributed by atoms with Gasteiger partial charge in [-0.1, -0.05) is 0 Å². The maximum Gasteiger partial charge on any atom is 0.267 e. The first kappa shape index (κ1) is 10.8. The molecule has 0 amide bonds. The average Bonchev–Trinajstić information content (AvgIpc) is 2.71. The summed E-state index contributed by atoms with van der Waals surface area (Å²) in [6.07, 6.45) is 2.71. The van der Waals surface area contributed by atoms with Gasteiger partial charge in [0.1, 0.15) is 10.3 Å². The maximum atomic E-state index is 11.8. The third kappa shape index (κ3) is 2.29. The first-order valence-corrected chi connectivity index (χ1v) is 5.90. The van der Waals surface area contributed by atoms with Gasteiger partial charge < -0.3 is 5.32 Å². The van der Waals surface area contributed by atoms with Crippen molar-refractivity contribution in [2.75, 3.05) is 13.1 Å². The number of aryl methyl sites for hydroxylation is 1. The van der Waals surface area contributed by atoms with Crippen LogP contribution in [0.4, 0.5) is 0 Å². The predicted molar refractivity (Wildman–Crippen MR) is 61.9 cm³/mol. The van der Waals surface area contributed by atoms with Crippen molar-refractivity contribution in [3.05, 3.63) is 26.8 Å². The molecular weight excluding hydrogens is 258 g/mol. The van der Waals surface area contributed by atoms with E-state index in [9.17, 15) is 4.79 Å². The lowest BCUT2D eigenvalue weighted by Crippen LogP contribution is -2.28. The van der Waals surface area contributed by atoms with Gasteiger partial charge in [0, 0.05) is 12.7 Å². The summed E-state index contributed by atoms with van der Waals surface area (Å²) in [6.45, 7) is 4.69. The van der Waals surface area contributed by atoms with Gasteiger partial charge in [0.25, 0.3) is 5.56 Å². The largest absolute Gasteiger partial charge is 0.316 e. The minimum absolute atomic E-state index is 0.0226. The number of halogens is 1. The Balaban J connectivity index is 2.26. The first-order chi connectivity index (χ1) is 7.18. The summed E-state index contributed by atoms with van der Waals surface area (Å²) in [5.74, 6) is 1.34. The highest BCUT2D eigenvalue weighted by molar-refractivity contribution is 9.10. The highest BCUT2D eigenvalue weighted by Crippen LogP contribution is 2.11. The third-order valence-electron chi connectivity index (χ3n) is 2.81. The molecule has 0 saturated carbocycles. The van der Waals surface area contributed by atoms with Crippen molar-refractivity contribution in [3.63, 3.8) is 0 Å². The molecule has 1 unspecified atom stereocenters. The highest BCUT2D eigenvalue weighted by atomic mass is 79.9. The van der Waals surface area contributed by atoms with Crippen LogP contribution in [0.2, 0.25) is 0 Å². The van der Waals surface area contributed by atoms with E-state index in [-0.39, 0.29) is 5.56 Å². The summed E-state index contributed by atoms with van der Waals surface area (Å²) in [4.78, 5) is 16.0. The molecule has 1 aromatic rings. The van der Waals surface area contributed by atoms with E-state index in [1.165, 1.54) is 0 Å². The molecule has 1 N–H and O–H groups in total. The van der Waals surface area contributed by atoms with Gasteiger partial charge in [-0.3, -0.25) is 9.36 Å². The van der Waals surface area contributed by atoms with Crippen LogP contribution >= 0.6 is 15.9 Å². The van der Waals surface area contributed by atoms with Crippen molar-refractivity contribution in [1.82, 2.24) is 14.9 Å². The number of hydrogen-bond acceptors (Lipinski definition) is 3. The standard InChI is InChI=1S/C10H14BrN3O/c1-7-13-5-9(11)10(15)14(7)6-8-2-3-12-4-8/h5,8,12H,2-4,6H2,1H3. The summed E-state index contributed by atoms with van der Waals surface area (Å²) in [5, 5.41) is 3.30. The number of rotatable bonds is 2. The summed E-state index contributed by atoms with van der Waals surface area (Å²) >= 11 is 3.22. The molecule has 82 valence electrons. The van der Waals surface area contributed by atoms with Crippen LogP contribution in [-0.4, -0.2) is 22.6 Å². The molecule has 5 heteroatoms. The quantitative estimate of drug-likeness (QED) is 0.871. The van der Waals surface area contributed by atoms with Gasteiger partial charge >= 0.3 is 0 Å². The molecule has 0 aliphatic carbocycles. The Kier molecular flexibility index (Phi) is 3.21. The Morgan fingerprint density at radius 3 is 3.20 bits per heavy atom. The molecule has 2 heterocycles. The van der Waals surface area contributed by atoms with E-state index >= 15 is 0 Å². The van der Waals surface area contributed by atoms with Crippen LogP contribution in [0.3, 0.4) is 0 Å². The van der Waals surface area contributed by atoms with Crippen molar-refractivity contribution < 1.29 is 0 Å². The van der Waals surface area contributed by atoms with Gasteiger partial charge in [0.05, 0.1) is 0 Å². The summed E-state index contributed by atoms with van der Waals surface area (Å²) < 4.78 is 2.29. The fourth-order valence-electron chi connectivity index (χ4n) is 1.89. The molecule has 2 rings (SSSR count). The molecule has 0 spiro atoms. The van der Waals surface area contributed by atoms with Crippen LogP contribution in [0, 0.1) is 12.8 Å². The van der Waals surface area contributed by atoms with E-state index in [1.54, 1.807) is 10.8 Å². The topological polar surface area (TPSA) is 46.9 Å². The van der Waals surface area contributed by atoms with Gasteiger partial charge in [-0.2, -0.15) is 0 Å². The second-order valence-corrected chi connectivity index (χ2v) is 4.78. The zero-order valence-corrected chi connectivity index (χ0v) is 10.2. The SMILES string of the molecule is Cc1ncc(Br)c(=O)n1CC1CCNC1. The second-order valence-electron chi connectivity index (χ2n) is 3.93. The average molecular weight is 272 g/mol. The van der Waals surface area contributed by atoms with E-state index in [0.717, 1.165) is 31.9 Å². The van der Waals surface area contributed by atoms with E-state index < -0.39 is 0 Å². The summed E-state index contributed by atoms with van der Waals surface area (Å²) in [5.41, 5.74) is 0.0226. The monoisotopic (exact) mass is 271 g/mol. The lowest BCUT2D eigenvalue weighted by Gasteiger charge is -2.13. The van der Waals surface area contributed by atoms with Crippen molar-refractivity contribution >= 4 is 15.9 Å². The molecule has 1 saturated heterocycles. The Morgan fingerprint density at radius 2 is 2.53 bits per heavy atom. The van der Waals surface area contributed by atoms with Crippen molar-refractivity contribution in [1.29, 1.82) is 0 Å². The van der Waals surface area contributed by atoms with Gasteiger partial charge in [0.2, 0.25) is 0 Å². The summed E-state index contributed by atoms with van der Waals surface area (Å²) in [6, 6.07) is 0. The minimum Gasteiger partial charge on any atom is -0.316 e. The number of nitrogens with one attached hydrogen (secondary N) is 1. The predicted octanol–water partition coefficient (Wildman–Crippen LogP) is 0.924. The molecule has 0 aromatic carbocycles. The first-order valence-electron chi connectivity index (χ1n) is 5.11. The molecule has 1 aliphatic rings. The van der Waals surface area contributed by atoms with Crippen LogP contribution in [-0.2, 0) is 6.54 Å². The van der Waals surface area contributed by atoms with Crippen LogP contribution in [0.5, 0.6) is 0 Å². The lowest BCUT2D eigenvalue weighted by molar-refractivity contribution is 0.458. The van der Waals surface area contributed by atoms with E-state index in [1.807, 2.05) is 6.92 Å². The summed E-state index contributed by atoms with van der Waals surface area (Å²) in [7, 11) is 0.